The highest BCUT2D eigenvalue weighted by Crippen LogP contribution is 2.38. The van der Waals surface area contributed by atoms with Gasteiger partial charge in [-0.1, -0.05) is 0 Å². The van der Waals surface area contributed by atoms with Gasteiger partial charge >= 0.3 is 12.0 Å². The molecule has 4 aromatic heterocycles. The summed E-state index contributed by atoms with van der Waals surface area (Å²) in [5.74, 6) is 1.93. The molecule has 0 amide bonds. The number of methoxy groups -OCH3 is 2. The van der Waals surface area contributed by atoms with E-state index in [0.29, 0.717) is 25.0 Å². The minimum absolute atomic E-state index is 0.231. The van der Waals surface area contributed by atoms with E-state index in [1.807, 2.05) is 36.5 Å². The van der Waals surface area contributed by atoms with Crippen molar-refractivity contribution in [1.29, 1.82) is 0 Å². The fraction of sp³-hybridized carbons (Fsp3) is 0.367. The highest BCUT2D eigenvalue weighted by atomic mass is 32.1. The average molecular weight is 600 g/mol. The molecule has 0 saturated carbocycles. The molecule has 43 heavy (non-hydrogen) atoms. The molecule has 222 valence electrons. The molecule has 0 atom stereocenters. The molecular formula is C30H33N9O3S. The SMILES string of the molecule is COc1nc(OC)nc(N2CCc3sc(-c4nc(Nc5ccc(OCCN6CCCC6)cc5)nc5[nH]ccc45)cc3C2)n1. The Balaban J connectivity index is 1.08. The van der Waals surface area contributed by atoms with Crippen LogP contribution in [-0.2, 0) is 13.0 Å². The molecular weight excluding hydrogens is 566 g/mol. The number of thiophene rings is 1. The molecule has 1 saturated heterocycles. The van der Waals surface area contributed by atoms with Crippen molar-refractivity contribution in [2.24, 2.45) is 0 Å². The van der Waals surface area contributed by atoms with Crippen LogP contribution >= 0.6 is 11.3 Å². The van der Waals surface area contributed by atoms with Gasteiger partial charge in [0.15, 0.2) is 0 Å². The number of likely N-dealkylation sites (tertiary alicyclic amines) is 1. The zero-order chi connectivity index (χ0) is 29.2. The van der Waals surface area contributed by atoms with E-state index in [2.05, 4.69) is 41.1 Å². The maximum Gasteiger partial charge on any atom is 0.324 e. The molecule has 2 N–H and O–H groups in total. The first-order valence-corrected chi connectivity index (χ1v) is 15.2. The van der Waals surface area contributed by atoms with Gasteiger partial charge < -0.3 is 29.4 Å². The van der Waals surface area contributed by atoms with Gasteiger partial charge in [0.25, 0.3) is 0 Å². The Labute approximate surface area is 253 Å². The van der Waals surface area contributed by atoms with E-state index in [-0.39, 0.29) is 12.0 Å². The summed E-state index contributed by atoms with van der Waals surface area (Å²) in [5, 5.41) is 4.36. The van der Waals surface area contributed by atoms with Crippen molar-refractivity contribution in [2.75, 3.05) is 57.2 Å². The van der Waals surface area contributed by atoms with Gasteiger partial charge in [-0.2, -0.15) is 15.0 Å². The zero-order valence-electron chi connectivity index (χ0n) is 24.2. The molecule has 13 heteroatoms. The van der Waals surface area contributed by atoms with Crippen molar-refractivity contribution in [3.63, 3.8) is 0 Å². The minimum Gasteiger partial charge on any atom is -0.492 e. The maximum absolute atomic E-state index is 5.96. The number of benzene rings is 1. The number of ether oxygens (including phenoxy) is 3. The number of nitrogens with one attached hydrogen (secondary N) is 2. The number of rotatable bonds is 10. The predicted molar refractivity (Wildman–Crippen MR) is 166 cm³/mol. The summed E-state index contributed by atoms with van der Waals surface area (Å²) in [6, 6.07) is 12.7. The van der Waals surface area contributed by atoms with Crippen LogP contribution in [-0.4, -0.2) is 81.8 Å². The molecule has 0 unspecified atom stereocenters. The Hall–Kier alpha value is -4.49. The predicted octanol–water partition coefficient (Wildman–Crippen LogP) is 4.67. The van der Waals surface area contributed by atoms with Crippen LogP contribution in [0.2, 0.25) is 0 Å². The van der Waals surface area contributed by atoms with Crippen LogP contribution < -0.4 is 24.4 Å². The number of hydrogen-bond donors (Lipinski definition) is 2. The van der Waals surface area contributed by atoms with Crippen LogP contribution in [0.3, 0.4) is 0 Å². The molecule has 2 aliphatic heterocycles. The highest BCUT2D eigenvalue weighted by molar-refractivity contribution is 7.15. The molecule has 1 aromatic carbocycles. The van der Waals surface area contributed by atoms with Gasteiger partial charge in [-0.25, -0.2) is 4.98 Å². The first kappa shape index (κ1) is 27.3. The maximum atomic E-state index is 5.96. The zero-order valence-corrected chi connectivity index (χ0v) is 25.0. The van der Waals surface area contributed by atoms with E-state index < -0.39 is 0 Å². The van der Waals surface area contributed by atoms with Crippen molar-refractivity contribution >= 4 is 40.0 Å². The third-order valence-corrected chi connectivity index (χ3v) is 8.98. The van der Waals surface area contributed by atoms with Crippen molar-refractivity contribution < 1.29 is 14.2 Å². The third-order valence-electron chi connectivity index (χ3n) is 7.73. The number of anilines is 3. The summed E-state index contributed by atoms with van der Waals surface area (Å²) >= 11 is 1.77. The topological polar surface area (TPSA) is 126 Å². The standard InChI is InChI=1S/C30H33N9O3S/c1-40-29-35-28(36-30(37-29)41-2)39-14-10-23-19(18-39)17-24(43-23)25-22-9-11-31-26(22)34-27(33-25)32-20-5-7-21(8-6-20)42-16-15-38-12-3-4-13-38/h5-9,11,17H,3-4,10,12-16,18H2,1-2H3,(H2,31,32,33,34). The average Bonchev–Trinajstić information content (AvgIpc) is 3.82. The lowest BCUT2D eigenvalue weighted by Gasteiger charge is -2.26. The lowest BCUT2D eigenvalue weighted by molar-refractivity contribution is 0.238. The summed E-state index contributed by atoms with van der Waals surface area (Å²) < 4.78 is 16.5. The number of nitrogens with zero attached hydrogens (tertiary/aromatic N) is 7. The van der Waals surface area contributed by atoms with E-state index in [1.54, 1.807) is 11.3 Å². The Bertz CT molecular complexity index is 1690. The van der Waals surface area contributed by atoms with Gasteiger partial charge in [0.1, 0.15) is 18.0 Å². The number of aromatic amines is 1. The van der Waals surface area contributed by atoms with Crippen LogP contribution in [0.1, 0.15) is 23.3 Å². The molecule has 5 aromatic rings. The van der Waals surface area contributed by atoms with Crippen LogP contribution in [0.15, 0.2) is 42.6 Å². The first-order valence-electron chi connectivity index (χ1n) is 14.4. The van der Waals surface area contributed by atoms with Crippen molar-refractivity contribution in [2.45, 2.75) is 25.8 Å². The normalized spacial score (nSPS) is 15.1. The molecule has 7 rings (SSSR count). The van der Waals surface area contributed by atoms with E-state index in [4.69, 9.17) is 24.2 Å². The fourth-order valence-electron chi connectivity index (χ4n) is 5.52. The molecule has 2 aliphatic rings. The lowest BCUT2D eigenvalue weighted by atomic mass is 10.1. The molecule has 1 fully saturated rings. The summed E-state index contributed by atoms with van der Waals surface area (Å²) in [6.45, 7) is 5.47. The van der Waals surface area contributed by atoms with E-state index in [9.17, 15) is 0 Å². The van der Waals surface area contributed by atoms with Crippen LogP contribution in [0.5, 0.6) is 17.8 Å². The van der Waals surface area contributed by atoms with E-state index in [0.717, 1.165) is 52.6 Å². The van der Waals surface area contributed by atoms with Crippen LogP contribution in [0, 0.1) is 0 Å². The smallest absolute Gasteiger partial charge is 0.324 e. The van der Waals surface area contributed by atoms with Gasteiger partial charge in [0.05, 0.1) is 24.8 Å². The Morgan fingerprint density at radius 3 is 2.49 bits per heavy atom. The largest absolute Gasteiger partial charge is 0.492 e. The number of hydrogen-bond acceptors (Lipinski definition) is 12. The molecule has 6 heterocycles. The van der Waals surface area contributed by atoms with Gasteiger partial charge in [-0.3, -0.25) is 4.90 Å². The third kappa shape index (κ3) is 5.90. The fourth-order valence-corrected chi connectivity index (χ4v) is 6.69. The van der Waals surface area contributed by atoms with Gasteiger partial charge in [-0.05, 0) is 74.3 Å². The van der Waals surface area contributed by atoms with Crippen LogP contribution in [0.4, 0.5) is 17.6 Å². The second-order valence-corrected chi connectivity index (χ2v) is 11.7. The second-order valence-electron chi connectivity index (χ2n) is 10.5. The highest BCUT2D eigenvalue weighted by Gasteiger charge is 2.24. The van der Waals surface area contributed by atoms with Crippen LogP contribution in [0.25, 0.3) is 21.6 Å². The monoisotopic (exact) mass is 599 g/mol. The number of fused-ring (bicyclic) bond motifs is 2. The second kappa shape index (κ2) is 12.0. The molecule has 0 spiro atoms. The Kier molecular flexibility index (Phi) is 7.64. The molecule has 0 radical (unpaired) electrons. The van der Waals surface area contributed by atoms with Gasteiger partial charge in [0.2, 0.25) is 11.9 Å². The van der Waals surface area contributed by atoms with Crippen molar-refractivity contribution in [3.8, 4) is 28.3 Å². The first-order chi connectivity index (χ1) is 21.1. The Morgan fingerprint density at radius 2 is 1.72 bits per heavy atom. The van der Waals surface area contributed by atoms with Crippen molar-refractivity contribution in [1.82, 2.24) is 34.8 Å². The summed E-state index contributed by atoms with van der Waals surface area (Å²) in [7, 11) is 3.07. The van der Waals surface area contributed by atoms with E-state index in [1.165, 1.54) is 50.6 Å². The van der Waals surface area contributed by atoms with E-state index >= 15 is 0 Å². The summed E-state index contributed by atoms with van der Waals surface area (Å²) in [6.07, 6.45) is 5.35. The number of aromatic nitrogens is 6. The molecule has 0 aliphatic carbocycles. The number of H-pyrrole nitrogens is 1. The van der Waals surface area contributed by atoms with Crippen molar-refractivity contribution in [3.05, 3.63) is 53.0 Å². The minimum atomic E-state index is 0.231. The quantitative estimate of drug-likeness (QED) is 0.233. The van der Waals surface area contributed by atoms with Gasteiger partial charge in [0, 0.05) is 41.8 Å². The molecule has 12 nitrogen and oxygen atoms in total. The summed E-state index contributed by atoms with van der Waals surface area (Å²) in [4.78, 5) is 33.0. The molecule has 0 bridgehead atoms. The Morgan fingerprint density at radius 1 is 0.930 bits per heavy atom. The summed E-state index contributed by atoms with van der Waals surface area (Å²) in [5.41, 5.74) is 3.80. The lowest BCUT2D eigenvalue weighted by Crippen LogP contribution is -2.31. The van der Waals surface area contributed by atoms with Gasteiger partial charge in [-0.15, -0.1) is 16.3 Å².